The van der Waals surface area contributed by atoms with E-state index in [0.29, 0.717) is 12.1 Å². The molecule has 3 N–H and O–H groups in total. The number of benzene rings is 1. The second-order valence-corrected chi connectivity index (χ2v) is 8.73. The molecule has 6 nitrogen and oxygen atoms in total. The van der Waals surface area contributed by atoms with Crippen LogP contribution in [-0.4, -0.2) is 35.4 Å². The predicted molar refractivity (Wildman–Crippen MR) is 79.3 cm³/mol. The van der Waals surface area contributed by atoms with Crippen LogP contribution in [0.2, 0.25) is 0 Å². The molecule has 0 heterocycles. The summed E-state index contributed by atoms with van der Waals surface area (Å²) in [6, 6.07) is 7.05. The van der Waals surface area contributed by atoms with Crippen LogP contribution < -0.4 is 10.5 Å². The first-order valence-corrected chi connectivity index (χ1v) is 9.86. The van der Waals surface area contributed by atoms with Gasteiger partial charge >= 0.3 is 0 Å². The van der Waals surface area contributed by atoms with E-state index in [0.717, 1.165) is 11.8 Å². The van der Waals surface area contributed by atoms with E-state index in [2.05, 4.69) is 4.72 Å². The lowest BCUT2D eigenvalue weighted by Crippen LogP contribution is -2.27. The maximum absolute atomic E-state index is 11.8. The Labute approximate surface area is 120 Å². The minimum absolute atomic E-state index is 0.0296. The highest BCUT2D eigenvalue weighted by Gasteiger charge is 2.11. The lowest BCUT2D eigenvalue weighted by Gasteiger charge is -2.07. The smallest absolute Gasteiger partial charge is 0.215 e. The van der Waals surface area contributed by atoms with Crippen LogP contribution in [0, 0.1) is 0 Å². The third-order valence-electron chi connectivity index (χ3n) is 2.60. The van der Waals surface area contributed by atoms with Crippen molar-refractivity contribution in [1.82, 2.24) is 4.72 Å². The van der Waals surface area contributed by atoms with Gasteiger partial charge < -0.3 is 5.73 Å². The Bertz CT molecular complexity index is 639. The topological polar surface area (TPSA) is 106 Å². The highest BCUT2D eigenvalue weighted by molar-refractivity contribution is 7.90. The number of rotatable bonds is 8. The number of nitrogens with one attached hydrogen (secondary N) is 1. The van der Waals surface area contributed by atoms with Crippen LogP contribution in [0.15, 0.2) is 24.3 Å². The molecule has 1 rings (SSSR count). The number of hydrogen-bond acceptors (Lipinski definition) is 5. The molecule has 8 heteroatoms. The Morgan fingerprint density at radius 2 is 1.80 bits per heavy atom. The fourth-order valence-corrected chi connectivity index (χ4v) is 3.52. The van der Waals surface area contributed by atoms with Gasteiger partial charge in [-0.15, -0.1) is 0 Å². The molecule has 1 aromatic rings. The van der Waals surface area contributed by atoms with Gasteiger partial charge in [0.05, 0.1) is 11.5 Å². The number of hydrogen-bond donors (Lipinski definition) is 2. The Hall–Kier alpha value is -0.960. The summed E-state index contributed by atoms with van der Waals surface area (Å²) in [4.78, 5) is 0. The summed E-state index contributed by atoms with van der Waals surface area (Å²) in [6.07, 6.45) is 1.39. The first-order chi connectivity index (χ1) is 9.22. The van der Waals surface area contributed by atoms with E-state index in [1.807, 2.05) is 6.07 Å². The summed E-state index contributed by atoms with van der Waals surface area (Å²) in [5, 5.41) is 0. The molecule has 1 aromatic carbocycles. The molecular weight excluding hydrogens is 300 g/mol. The fraction of sp³-hybridized carbons (Fsp3) is 0.500. The van der Waals surface area contributed by atoms with Crippen molar-refractivity contribution in [3.05, 3.63) is 35.4 Å². The standard InChI is InChI=1S/C12H20N2O4S2/c1-19(15,16)7-3-6-14-20(17,18)10-12-5-2-4-11(8-12)9-13/h2,4-5,8,14H,3,6-7,9-10,13H2,1H3. The van der Waals surface area contributed by atoms with Gasteiger partial charge in [0.1, 0.15) is 9.84 Å². The summed E-state index contributed by atoms with van der Waals surface area (Å²) >= 11 is 0. The summed E-state index contributed by atoms with van der Waals surface area (Å²) in [6.45, 7) is 0.474. The molecule has 0 radical (unpaired) electrons. The Kier molecular flexibility index (Phi) is 6.12. The second-order valence-electron chi connectivity index (χ2n) is 4.66. The van der Waals surface area contributed by atoms with E-state index >= 15 is 0 Å². The predicted octanol–water partition coefficient (Wildman–Crippen LogP) is -0.000600. The van der Waals surface area contributed by atoms with Crippen molar-refractivity contribution in [2.45, 2.75) is 18.7 Å². The zero-order valence-corrected chi connectivity index (χ0v) is 13.0. The molecule has 0 spiro atoms. The molecule has 0 aliphatic rings. The van der Waals surface area contributed by atoms with E-state index in [1.165, 1.54) is 0 Å². The first-order valence-electron chi connectivity index (χ1n) is 6.15. The molecule has 0 aliphatic heterocycles. The van der Waals surface area contributed by atoms with Crippen molar-refractivity contribution in [1.29, 1.82) is 0 Å². The van der Waals surface area contributed by atoms with Gasteiger partial charge in [0.15, 0.2) is 0 Å². The summed E-state index contributed by atoms with van der Waals surface area (Å²) in [5.41, 5.74) is 7.03. The number of nitrogens with two attached hydrogens (primary N) is 1. The SMILES string of the molecule is CS(=O)(=O)CCCNS(=O)(=O)Cc1cccc(CN)c1. The molecule has 0 saturated carbocycles. The molecule has 0 fully saturated rings. The highest BCUT2D eigenvalue weighted by atomic mass is 32.2. The molecule has 0 amide bonds. The maximum atomic E-state index is 11.8. The van der Waals surface area contributed by atoms with Crippen LogP contribution >= 0.6 is 0 Å². The van der Waals surface area contributed by atoms with Gasteiger partial charge in [-0.25, -0.2) is 21.6 Å². The van der Waals surface area contributed by atoms with Gasteiger partial charge in [-0.3, -0.25) is 0 Å². The summed E-state index contributed by atoms with van der Waals surface area (Å²) in [7, 11) is -6.52. The Balaban J connectivity index is 2.52. The van der Waals surface area contributed by atoms with Crippen molar-refractivity contribution in [3.8, 4) is 0 Å². The van der Waals surface area contributed by atoms with Crippen LogP contribution in [0.25, 0.3) is 0 Å². The van der Waals surface area contributed by atoms with Gasteiger partial charge in [-0.2, -0.15) is 0 Å². The lowest BCUT2D eigenvalue weighted by molar-refractivity contribution is 0.576. The Morgan fingerprint density at radius 3 is 2.40 bits per heavy atom. The van der Waals surface area contributed by atoms with Gasteiger partial charge in [0, 0.05) is 19.3 Å². The van der Waals surface area contributed by atoms with Crippen molar-refractivity contribution in [2.75, 3.05) is 18.6 Å². The largest absolute Gasteiger partial charge is 0.326 e. The van der Waals surface area contributed by atoms with Gasteiger partial charge in [0.25, 0.3) is 0 Å². The average molecular weight is 320 g/mol. The molecular formula is C12H20N2O4S2. The third kappa shape index (κ3) is 6.99. The molecule has 0 aliphatic carbocycles. The summed E-state index contributed by atoms with van der Waals surface area (Å²) < 4.78 is 47.9. The Morgan fingerprint density at radius 1 is 1.15 bits per heavy atom. The third-order valence-corrected chi connectivity index (χ3v) is 4.99. The fourth-order valence-electron chi connectivity index (χ4n) is 1.68. The normalized spacial score (nSPS) is 12.5. The molecule has 0 aromatic heterocycles. The van der Waals surface area contributed by atoms with Crippen LogP contribution in [-0.2, 0) is 32.2 Å². The van der Waals surface area contributed by atoms with Crippen molar-refractivity contribution < 1.29 is 16.8 Å². The van der Waals surface area contributed by atoms with E-state index in [9.17, 15) is 16.8 Å². The van der Waals surface area contributed by atoms with Crippen LogP contribution in [0.1, 0.15) is 17.5 Å². The molecule has 0 atom stereocenters. The molecule has 20 heavy (non-hydrogen) atoms. The van der Waals surface area contributed by atoms with Crippen LogP contribution in [0.5, 0.6) is 0 Å². The quantitative estimate of drug-likeness (QED) is 0.656. The maximum Gasteiger partial charge on any atom is 0.215 e. The molecule has 114 valence electrons. The van der Waals surface area contributed by atoms with Crippen molar-refractivity contribution in [3.63, 3.8) is 0 Å². The van der Waals surface area contributed by atoms with Crippen LogP contribution in [0.3, 0.4) is 0 Å². The van der Waals surface area contributed by atoms with E-state index in [-0.39, 0.29) is 24.5 Å². The molecule has 0 saturated heterocycles. The monoisotopic (exact) mass is 320 g/mol. The first kappa shape index (κ1) is 17.1. The van der Waals surface area contributed by atoms with Crippen LogP contribution in [0.4, 0.5) is 0 Å². The van der Waals surface area contributed by atoms with E-state index in [4.69, 9.17) is 5.73 Å². The van der Waals surface area contributed by atoms with Crippen molar-refractivity contribution >= 4 is 19.9 Å². The van der Waals surface area contributed by atoms with E-state index in [1.54, 1.807) is 18.2 Å². The highest BCUT2D eigenvalue weighted by Crippen LogP contribution is 2.08. The number of sulfonamides is 1. The van der Waals surface area contributed by atoms with Gasteiger partial charge in [-0.1, -0.05) is 24.3 Å². The van der Waals surface area contributed by atoms with Gasteiger partial charge in [-0.05, 0) is 17.5 Å². The molecule has 0 unspecified atom stereocenters. The minimum atomic E-state index is -3.46. The van der Waals surface area contributed by atoms with E-state index < -0.39 is 19.9 Å². The zero-order valence-electron chi connectivity index (χ0n) is 11.4. The zero-order chi connectivity index (χ0) is 15.2. The lowest BCUT2D eigenvalue weighted by atomic mass is 10.1. The van der Waals surface area contributed by atoms with Gasteiger partial charge in [0.2, 0.25) is 10.0 Å². The summed E-state index contributed by atoms with van der Waals surface area (Å²) in [5.74, 6) is -0.169. The molecule has 0 bridgehead atoms. The van der Waals surface area contributed by atoms with Crippen molar-refractivity contribution in [2.24, 2.45) is 5.73 Å². The number of sulfone groups is 1. The minimum Gasteiger partial charge on any atom is -0.326 e. The second kappa shape index (κ2) is 7.16. The average Bonchev–Trinajstić information content (AvgIpc) is 2.33.